The van der Waals surface area contributed by atoms with Gasteiger partial charge in [-0.3, -0.25) is 4.90 Å². The fraction of sp³-hybridized carbons (Fsp3) is 0.684. The van der Waals surface area contributed by atoms with Crippen LogP contribution in [0.1, 0.15) is 45.2 Å². The Bertz CT molecular complexity index is 425. The fourth-order valence-electron chi connectivity index (χ4n) is 3.24. The predicted octanol–water partition coefficient (Wildman–Crippen LogP) is 3.71. The van der Waals surface area contributed by atoms with Crippen molar-refractivity contribution in [2.24, 2.45) is 11.8 Å². The van der Waals surface area contributed by atoms with Gasteiger partial charge in [-0.15, -0.1) is 0 Å². The Morgan fingerprint density at radius 3 is 2.48 bits per heavy atom. The standard InChI is InChI=1S/C19H32N2/c1-15(2)18-10-12-21(13-18)14-19-8-6-5-7-17(19)9-11-20-16(3)4/h5-8,15-16,18,20H,9-14H2,1-4H3. The summed E-state index contributed by atoms with van der Waals surface area (Å²) in [6.45, 7) is 13.9. The molecule has 2 heteroatoms. The van der Waals surface area contributed by atoms with Gasteiger partial charge < -0.3 is 5.32 Å². The summed E-state index contributed by atoms with van der Waals surface area (Å²) in [6.07, 6.45) is 2.50. The number of hydrogen-bond donors (Lipinski definition) is 1. The molecule has 1 N–H and O–H groups in total. The Morgan fingerprint density at radius 1 is 1.14 bits per heavy atom. The molecule has 1 saturated heterocycles. The van der Waals surface area contributed by atoms with Crippen LogP contribution < -0.4 is 5.32 Å². The highest BCUT2D eigenvalue weighted by Gasteiger charge is 2.24. The highest BCUT2D eigenvalue weighted by atomic mass is 15.1. The first-order valence-electron chi connectivity index (χ1n) is 8.58. The van der Waals surface area contributed by atoms with Crippen molar-refractivity contribution in [2.45, 2.75) is 53.1 Å². The van der Waals surface area contributed by atoms with E-state index >= 15 is 0 Å². The molecule has 21 heavy (non-hydrogen) atoms. The Labute approximate surface area is 130 Å². The molecule has 0 saturated carbocycles. The average molecular weight is 288 g/mol. The Balaban J connectivity index is 1.91. The van der Waals surface area contributed by atoms with Gasteiger partial charge >= 0.3 is 0 Å². The van der Waals surface area contributed by atoms with Crippen LogP contribution in [0.3, 0.4) is 0 Å². The zero-order chi connectivity index (χ0) is 15.2. The lowest BCUT2D eigenvalue weighted by Crippen LogP contribution is -2.26. The van der Waals surface area contributed by atoms with Crippen LogP contribution in [0.15, 0.2) is 24.3 Å². The van der Waals surface area contributed by atoms with E-state index in [-0.39, 0.29) is 0 Å². The van der Waals surface area contributed by atoms with Crippen LogP contribution in [0, 0.1) is 11.8 Å². The van der Waals surface area contributed by atoms with Crippen molar-refractivity contribution >= 4 is 0 Å². The largest absolute Gasteiger partial charge is 0.314 e. The lowest BCUT2D eigenvalue weighted by molar-refractivity contribution is 0.296. The third-order valence-corrected chi connectivity index (χ3v) is 4.71. The van der Waals surface area contributed by atoms with E-state index in [4.69, 9.17) is 0 Å². The van der Waals surface area contributed by atoms with Crippen LogP contribution in [-0.4, -0.2) is 30.6 Å². The molecule has 0 radical (unpaired) electrons. The summed E-state index contributed by atoms with van der Waals surface area (Å²) >= 11 is 0. The molecule has 1 unspecified atom stereocenters. The smallest absolute Gasteiger partial charge is 0.0236 e. The van der Waals surface area contributed by atoms with Gasteiger partial charge in [0.15, 0.2) is 0 Å². The molecule has 118 valence electrons. The minimum Gasteiger partial charge on any atom is -0.314 e. The summed E-state index contributed by atoms with van der Waals surface area (Å²) in [5.41, 5.74) is 3.03. The van der Waals surface area contributed by atoms with Crippen LogP contribution in [-0.2, 0) is 13.0 Å². The third-order valence-electron chi connectivity index (χ3n) is 4.71. The maximum absolute atomic E-state index is 3.52. The van der Waals surface area contributed by atoms with E-state index in [1.165, 1.54) is 30.6 Å². The Hall–Kier alpha value is -0.860. The lowest BCUT2D eigenvalue weighted by atomic mass is 9.95. The molecule has 1 aliphatic heterocycles. The van der Waals surface area contributed by atoms with Gasteiger partial charge in [-0.2, -0.15) is 0 Å². The van der Waals surface area contributed by atoms with Gasteiger partial charge in [0.2, 0.25) is 0 Å². The minimum atomic E-state index is 0.572. The van der Waals surface area contributed by atoms with E-state index in [0.29, 0.717) is 6.04 Å². The van der Waals surface area contributed by atoms with Gasteiger partial charge in [0.1, 0.15) is 0 Å². The van der Waals surface area contributed by atoms with Gasteiger partial charge in [0.25, 0.3) is 0 Å². The summed E-state index contributed by atoms with van der Waals surface area (Å²) in [7, 11) is 0. The number of likely N-dealkylation sites (tertiary alicyclic amines) is 1. The molecule has 0 amide bonds. The van der Waals surface area contributed by atoms with E-state index < -0.39 is 0 Å². The third kappa shape index (κ3) is 5.12. The maximum atomic E-state index is 3.52. The second-order valence-corrected chi connectivity index (χ2v) is 7.16. The van der Waals surface area contributed by atoms with E-state index in [1.807, 2.05) is 0 Å². The summed E-state index contributed by atoms with van der Waals surface area (Å²) < 4.78 is 0. The van der Waals surface area contributed by atoms with Crippen LogP contribution in [0.5, 0.6) is 0 Å². The lowest BCUT2D eigenvalue weighted by Gasteiger charge is -2.20. The van der Waals surface area contributed by atoms with E-state index in [1.54, 1.807) is 0 Å². The second-order valence-electron chi connectivity index (χ2n) is 7.16. The van der Waals surface area contributed by atoms with Crippen molar-refractivity contribution in [1.82, 2.24) is 10.2 Å². The van der Waals surface area contributed by atoms with Gasteiger partial charge in [0, 0.05) is 19.1 Å². The molecule has 2 nitrogen and oxygen atoms in total. The Morgan fingerprint density at radius 2 is 1.86 bits per heavy atom. The molecule has 0 aromatic heterocycles. The van der Waals surface area contributed by atoms with Gasteiger partial charge in [-0.05, 0) is 48.9 Å². The molecule has 1 atom stereocenters. The summed E-state index contributed by atoms with van der Waals surface area (Å²) in [5, 5.41) is 3.52. The molecule has 0 aliphatic carbocycles. The van der Waals surface area contributed by atoms with Crippen molar-refractivity contribution < 1.29 is 0 Å². The second kappa shape index (κ2) is 7.95. The SMILES string of the molecule is CC(C)NCCc1ccccc1CN1CCC(C(C)C)C1. The number of rotatable bonds is 7. The number of nitrogens with one attached hydrogen (secondary N) is 1. The molecule has 1 aliphatic rings. The van der Waals surface area contributed by atoms with E-state index in [9.17, 15) is 0 Å². The molecule has 1 aromatic rings. The first-order chi connectivity index (χ1) is 10.1. The highest BCUT2D eigenvalue weighted by molar-refractivity contribution is 5.27. The van der Waals surface area contributed by atoms with Gasteiger partial charge in [-0.25, -0.2) is 0 Å². The van der Waals surface area contributed by atoms with Crippen LogP contribution in [0.2, 0.25) is 0 Å². The first kappa shape index (κ1) is 16.5. The molecule has 2 rings (SSSR count). The molecule has 1 fully saturated rings. The molecule has 0 spiro atoms. The van der Waals surface area contributed by atoms with Crippen molar-refractivity contribution in [3.63, 3.8) is 0 Å². The van der Waals surface area contributed by atoms with Crippen molar-refractivity contribution in [2.75, 3.05) is 19.6 Å². The zero-order valence-corrected chi connectivity index (χ0v) is 14.2. The number of hydrogen-bond acceptors (Lipinski definition) is 2. The van der Waals surface area contributed by atoms with Gasteiger partial charge in [-0.1, -0.05) is 52.0 Å². The monoisotopic (exact) mass is 288 g/mol. The Kier molecular flexibility index (Phi) is 6.25. The van der Waals surface area contributed by atoms with Crippen LogP contribution in [0.25, 0.3) is 0 Å². The minimum absolute atomic E-state index is 0.572. The van der Waals surface area contributed by atoms with Crippen LogP contribution in [0.4, 0.5) is 0 Å². The van der Waals surface area contributed by atoms with Gasteiger partial charge in [0.05, 0.1) is 0 Å². The maximum Gasteiger partial charge on any atom is 0.0236 e. The van der Waals surface area contributed by atoms with E-state index in [0.717, 1.165) is 31.3 Å². The summed E-state index contributed by atoms with van der Waals surface area (Å²) in [4.78, 5) is 2.64. The summed E-state index contributed by atoms with van der Waals surface area (Å²) in [5.74, 6) is 1.71. The number of nitrogens with zero attached hydrogens (tertiary/aromatic N) is 1. The highest BCUT2D eigenvalue weighted by Crippen LogP contribution is 2.25. The van der Waals surface area contributed by atoms with Crippen molar-refractivity contribution in [3.8, 4) is 0 Å². The average Bonchev–Trinajstić information content (AvgIpc) is 2.89. The topological polar surface area (TPSA) is 15.3 Å². The molecule has 1 aromatic carbocycles. The molecule has 1 heterocycles. The van der Waals surface area contributed by atoms with Crippen molar-refractivity contribution in [3.05, 3.63) is 35.4 Å². The quantitative estimate of drug-likeness (QED) is 0.823. The molecule has 0 bridgehead atoms. The predicted molar refractivity (Wildman–Crippen MR) is 91.5 cm³/mol. The molecular formula is C19H32N2. The zero-order valence-electron chi connectivity index (χ0n) is 14.2. The van der Waals surface area contributed by atoms with Crippen LogP contribution >= 0.6 is 0 Å². The van der Waals surface area contributed by atoms with Crippen molar-refractivity contribution in [1.29, 1.82) is 0 Å². The molecular weight excluding hydrogens is 256 g/mol. The fourth-order valence-corrected chi connectivity index (χ4v) is 3.24. The normalized spacial score (nSPS) is 19.8. The first-order valence-corrected chi connectivity index (χ1v) is 8.58. The number of benzene rings is 1. The van der Waals surface area contributed by atoms with E-state index in [2.05, 4.69) is 62.2 Å². The summed E-state index contributed by atoms with van der Waals surface area (Å²) in [6, 6.07) is 9.54.